The quantitative estimate of drug-likeness (QED) is 0.569. The van der Waals surface area contributed by atoms with Gasteiger partial charge in [0.2, 0.25) is 0 Å². The number of aliphatic hydroxyl groups is 4. The van der Waals surface area contributed by atoms with Crippen LogP contribution in [0.5, 0.6) is 0 Å². The highest BCUT2D eigenvalue weighted by molar-refractivity contribution is 5.30. The number of para-hydroxylation sites is 1. The molecular weight excluding hydrogens is 269 g/mol. The van der Waals surface area contributed by atoms with Crippen LogP contribution in [0.25, 0.3) is 5.69 Å². The van der Waals surface area contributed by atoms with Crippen LogP contribution >= 0.6 is 0 Å². The minimum atomic E-state index is -1.62. The van der Waals surface area contributed by atoms with Gasteiger partial charge in [0.05, 0.1) is 12.8 Å². The predicted molar refractivity (Wildman–Crippen MR) is 65.4 cm³/mol. The van der Waals surface area contributed by atoms with Crippen LogP contribution in [0.15, 0.2) is 30.5 Å². The van der Waals surface area contributed by atoms with Crippen LogP contribution in [0.3, 0.4) is 0 Å². The topological polar surface area (TPSA) is 112 Å². The molecular formula is C12H14FN3O4. The van der Waals surface area contributed by atoms with Crippen LogP contribution in [-0.4, -0.2) is 54.2 Å². The van der Waals surface area contributed by atoms with Crippen LogP contribution in [0, 0.1) is 5.82 Å². The molecule has 0 amide bonds. The highest BCUT2D eigenvalue weighted by Gasteiger charge is 2.27. The van der Waals surface area contributed by atoms with E-state index in [-0.39, 0.29) is 11.4 Å². The summed E-state index contributed by atoms with van der Waals surface area (Å²) in [6.07, 6.45) is -3.53. The lowest BCUT2D eigenvalue weighted by Gasteiger charge is -2.19. The molecule has 0 saturated carbocycles. The molecule has 0 aliphatic carbocycles. The van der Waals surface area contributed by atoms with Crippen molar-refractivity contribution in [2.24, 2.45) is 0 Å². The van der Waals surface area contributed by atoms with E-state index in [1.54, 1.807) is 6.07 Å². The highest BCUT2D eigenvalue weighted by atomic mass is 19.1. The highest BCUT2D eigenvalue weighted by Crippen LogP contribution is 2.18. The van der Waals surface area contributed by atoms with Gasteiger partial charge in [0, 0.05) is 0 Å². The Kier molecular flexibility index (Phi) is 4.40. The fourth-order valence-corrected chi connectivity index (χ4v) is 1.63. The van der Waals surface area contributed by atoms with Crippen molar-refractivity contribution in [3.63, 3.8) is 0 Å². The number of rotatable bonds is 5. The second-order valence-corrected chi connectivity index (χ2v) is 4.20. The van der Waals surface area contributed by atoms with Crippen LogP contribution < -0.4 is 0 Å². The predicted octanol–water partition coefficient (Wildman–Crippen LogP) is -0.846. The zero-order valence-corrected chi connectivity index (χ0v) is 10.3. The second kappa shape index (κ2) is 6.06. The van der Waals surface area contributed by atoms with Crippen LogP contribution in [0.1, 0.15) is 11.8 Å². The van der Waals surface area contributed by atoms with E-state index in [0.717, 1.165) is 11.0 Å². The van der Waals surface area contributed by atoms with Crippen LogP contribution in [0.2, 0.25) is 0 Å². The third kappa shape index (κ3) is 2.83. The molecule has 20 heavy (non-hydrogen) atoms. The van der Waals surface area contributed by atoms with Gasteiger partial charge < -0.3 is 20.4 Å². The number of hydrogen-bond acceptors (Lipinski definition) is 6. The molecule has 3 atom stereocenters. The normalized spacial score (nSPS) is 15.8. The van der Waals surface area contributed by atoms with Crippen molar-refractivity contribution in [1.82, 2.24) is 15.0 Å². The van der Waals surface area contributed by atoms with Gasteiger partial charge in [0.15, 0.2) is 5.82 Å². The summed E-state index contributed by atoms with van der Waals surface area (Å²) in [5.41, 5.74) is 0.0383. The van der Waals surface area contributed by atoms with E-state index >= 15 is 0 Å². The lowest BCUT2D eigenvalue weighted by Crippen LogP contribution is -2.34. The Bertz CT molecular complexity index is 577. The average molecular weight is 283 g/mol. The molecule has 1 aromatic carbocycles. The van der Waals surface area contributed by atoms with E-state index in [4.69, 9.17) is 5.11 Å². The second-order valence-electron chi connectivity index (χ2n) is 4.20. The summed E-state index contributed by atoms with van der Waals surface area (Å²) in [6.45, 7) is -0.709. The SMILES string of the molecule is OCC(O)C(O)C(O)c1cnn(-c2ccccc2F)n1. The molecule has 7 nitrogen and oxygen atoms in total. The molecule has 2 rings (SSSR count). The average Bonchev–Trinajstić information content (AvgIpc) is 2.94. The monoisotopic (exact) mass is 283 g/mol. The molecule has 0 spiro atoms. The molecule has 1 heterocycles. The van der Waals surface area contributed by atoms with Crippen molar-refractivity contribution in [1.29, 1.82) is 0 Å². The minimum absolute atomic E-state index is 0.0479. The van der Waals surface area contributed by atoms with Crippen molar-refractivity contribution in [3.05, 3.63) is 42.0 Å². The maximum absolute atomic E-state index is 13.5. The maximum Gasteiger partial charge on any atom is 0.150 e. The molecule has 4 N–H and O–H groups in total. The zero-order valence-electron chi connectivity index (χ0n) is 10.3. The Morgan fingerprint density at radius 1 is 1.20 bits per heavy atom. The summed E-state index contributed by atoms with van der Waals surface area (Å²) >= 11 is 0. The number of benzene rings is 1. The molecule has 0 aliphatic rings. The van der Waals surface area contributed by atoms with Gasteiger partial charge in [0.1, 0.15) is 29.7 Å². The van der Waals surface area contributed by atoms with E-state index in [1.807, 2.05) is 0 Å². The Morgan fingerprint density at radius 3 is 2.55 bits per heavy atom. The lowest BCUT2D eigenvalue weighted by atomic mass is 10.1. The van der Waals surface area contributed by atoms with E-state index in [0.29, 0.717) is 0 Å². The van der Waals surface area contributed by atoms with Crippen molar-refractivity contribution >= 4 is 0 Å². The van der Waals surface area contributed by atoms with E-state index in [2.05, 4.69) is 10.2 Å². The summed E-state index contributed by atoms with van der Waals surface area (Å²) in [5, 5.41) is 44.9. The third-order valence-electron chi connectivity index (χ3n) is 2.79. The summed E-state index contributed by atoms with van der Waals surface area (Å²) in [6, 6.07) is 5.80. The largest absolute Gasteiger partial charge is 0.394 e. The molecule has 2 aromatic rings. The van der Waals surface area contributed by atoms with E-state index < -0.39 is 30.7 Å². The zero-order chi connectivity index (χ0) is 14.7. The molecule has 1 aromatic heterocycles. The molecule has 0 fully saturated rings. The van der Waals surface area contributed by atoms with Gasteiger partial charge in [-0.2, -0.15) is 10.2 Å². The van der Waals surface area contributed by atoms with Gasteiger partial charge in [-0.15, -0.1) is 4.80 Å². The van der Waals surface area contributed by atoms with Gasteiger partial charge in [-0.3, -0.25) is 0 Å². The fraction of sp³-hybridized carbons (Fsp3) is 0.333. The molecule has 0 aliphatic heterocycles. The summed E-state index contributed by atoms with van der Waals surface area (Å²) < 4.78 is 13.5. The van der Waals surface area contributed by atoms with Crippen molar-refractivity contribution in [2.45, 2.75) is 18.3 Å². The molecule has 0 bridgehead atoms. The first-order valence-corrected chi connectivity index (χ1v) is 5.86. The maximum atomic E-state index is 13.5. The molecule has 3 unspecified atom stereocenters. The first kappa shape index (κ1) is 14.5. The van der Waals surface area contributed by atoms with Gasteiger partial charge in [-0.05, 0) is 12.1 Å². The summed E-state index contributed by atoms with van der Waals surface area (Å²) in [4.78, 5) is 0.964. The van der Waals surface area contributed by atoms with E-state index in [1.165, 1.54) is 18.2 Å². The van der Waals surface area contributed by atoms with Crippen LogP contribution in [-0.2, 0) is 0 Å². The number of aliphatic hydroxyl groups excluding tert-OH is 4. The smallest absolute Gasteiger partial charge is 0.150 e. The molecule has 0 radical (unpaired) electrons. The Labute approximate surface area is 113 Å². The minimum Gasteiger partial charge on any atom is -0.394 e. The van der Waals surface area contributed by atoms with Gasteiger partial charge in [-0.1, -0.05) is 12.1 Å². The summed E-state index contributed by atoms with van der Waals surface area (Å²) in [7, 11) is 0. The standard InChI is InChI=1S/C12H14FN3O4/c13-7-3-1-2-4-9(7)16-14-5-8(15-16)11(19)12(20)10(18)6-17/h1-5,10-12,17-20H,6H2. The Morgan fingerprint density at radius 2 is 1.90 bits per heavy atom. The lowest BCUT2D eigenvalue weighted by molar-refractivity contribution is -0.0790. The third-order valence-corrected chi connectivity index (χ3v) is 2.79. The molecule has 0 saturated heterocycles. The Balaban J connectivity index is 2.23. The number of nitrogens with zero attached hydrogens (tertiary/aromatic N) is 3. The van der Waals surface area contributed by atoms with E-state index in [9.17, 15) is 19.7 Å². The van der Waals surface area contributed by atoms with Crippen molar-refractivity contribution in [3.8, 4) is 5.69 Å². The number of halogens is 1. The Hall–Kier alpha value is -1.87. The first-order chi connectivity index (χ1) is 9.54. The fourth-order valence-electron chi connectivity index (χ4n) is 1.63. The molecule has 8 heteroatoms. The van der Waals surface area contributed by atoms with Crippen molar-refractivity contribution < 1.29 is 24.8 Å². The first-order valence-electron chi connectivity index (χ1n) is 5.86. The van der Waals surface area contributed by atoms with Gasteiger partial charge >= 0.3 is 0 Å². The summed E-state index contributed by atoms with van der Waals surface area (Å²) in [5.74, 6) is -0.542. The van der Waals surface area contributed by atoms with Crippen molar-refractivity contribution in [2.75, 3.05) is 6.61 Å². The number of hydrogen-bond donors (Lipinski definition) is 4. The van der Waals surface area contributed by atoms with Gasteiger partial charge in [-0.25, -0.2) is 4.39 Å². The number of aromatic nitrogens is 3. The molecule has 108 valence electrons. The van der Waals surface area contributed by atoms with Gasteiger partial charge in [0.25, 0.3) is 0 Å². The van der Waals surface area contributed by atoms with Crippen LogP contribution in [0.4, 0.5) is 4.39 Å².